The van der Waals surface area contributed by atoms with Crippen LogP contribution in [-0.4, -0.2) is 45.1 Å². The van der Waals surface area contributed by atoms with E-state index in [1.54, 1.807) is 11.7 Å². The van der Waals surface area contributed by atoms with Crippen molar-refractivity contribution in [3.63, 3.8) is 0 Å². The summed E-state index contributed by atoms with van der Waals surface area (Å²) in [5.74, 6) is -1.76. The Morgan fingerprint density at radius 1 is 1.31 bits per heavy atom. The largest absolute Gasteiger partial charge is 0.351 e. The molecule has 1 aliphatic carbocycles. The van der Waals surface area contributed by atoms with Crippen LogP contribution in [0.15, 0.2) is 24.0 Å². The maximum atomic E-state index is 13.5. The fraction of sp³-hybridized carbons (Fsp3) is 0.560. The average molecular weight is 500 g/mol. The molecule has 0 bridgehead atoms. The molecule has 0 fully saturated rings. The zero-order valence-corrected chi connectivity index (χ0v) is 21.2. The van der Waals surface area contributed by atoms with Gasteiger partial charge in [0.25, 0.3) is 0 Å². The van der Waals surface area contributed by atoms with Crippen molar-refractivity contribution < 1.29 is 19.2 Å². The van der Waals surface area contributed by atoms with Gasteiger partial charge >= 0.3 is 0 Å². The van der Waals surface area contributed by atoms with Gasteiger partial charge in [-0.25, -0.2) is 0 Å². The second-order valence-corrected chi connectivity index (χ2v) is 10.6. The quantitative estimate of drug-likeness (QED) is 0.512. The van der Waals surface area contributed by atoms with Gasteiger partial charge in [-0.15, -0.1) is 11.3 Å². The molecule has 3 amide bonds. The normalized spacial score (nSPS) is 22.9. The third-order valence-corrected chi connectivity index (χ3v) is 7.98. The van der Waals surface area contributed by atoms with Crippen LogP contribution in [0.5, 0.6) is 0 Å². The first-order chi connectivity index (χ1) is 16.8. The molecule has 4 rings (SSSR count). The summed E-state index contributed by atoms with van der Waals surface area (Å²) in [4.78, 5) is 56.4. The Balaban J connectivity index is 1.52. The summed E-state index contributed by atoms with van der Waals surface area (Å²) in [6, 6.07) is 0.983. The van der Waals surface area contributed by atoms with Gasteiger partial charge in [-0.2, -0.15) is 0 Å². The standard InChI is InChI=1S/C25H33N5O4S/c1-4-14(2)22(28-15(3)31)25(34)29-19-6-5-16-7-8-30-12-17(9-20(32)21(19)23(16)30)24(33)27-11-18-10-26-13-35-18/h7-8,10,13-14,17,19,21-22H,4-6,9,11-12H2,1-3H3,(H,27,33)(H,28,31)(H,29,34)/t14-,17-,19-,21?,22-/m0/s1. The molecule has 9 nitrogen and oxygen atoms in total. The van der Waals surface area contributed by atoms with Crippen LogP contribution in [0.1, 0.15) is 62.1 Å². The molecule has 1 aliphatic heterocycles. The number of aromatic nitrogens is 2. The third kappa shape index (κ3) is 5.47. The molecule has 1 unspecified atom stereocenters. The van der Waals surface area contributed by atoms with Gasteiger partial charge in [0.2, 0.25) is 17.7 Å². The number of carbonyl (C=O) groups is 4. The maximum Gasteiger partial charge on any atom is 0.243 e. The molecule has 0 saturated heterocycles. The van der Waals surface area contributed by atoms with Crippen LogP contribution in [0.3, 0.4) is 0 Å². The molecule has 35 heavy (non-hydrogen) atoms. The minimum absolute atomic E-state index is 0.0359. The number of nitrogens with zero attached hydrogens (tertiary/aromatic N) is 2. The molecule has 0 aromatic carbocycles. The minimum Gasteiger partial charge on any atom is -0.351 e. The van der Waals surface area contributed by atoms with Crippen molar-refractivity contribution in [1.29, 1.82) is 0 Å². The molecule has 0 saturated carbocycles. The number of aryl methyl sites for hydroxylation is 1. The fourth-order valence-corrected chi connectivity index (χ4v) is 5.70. The molecule has 188 valence electrons. The molecule has 3 N–H and O–H groups in total. The number of thiazole rings is 1. The van der Waals surface area contributed by atoms with Gasteiger partial charge in [0.1, 0.15) is 11.8 Å². The number of hydrogen-bond donors (Lipinski definition) is 3. The van der Waals surface area contributed by atoms with E-state index in [0.717, 1.165) is 29.0 Å². The Labute approximate surface area is 209 Å². The van der Waals surface area contributed by atoms with Crippen molar-refractivity contribution in [2.75, 3.05) is 0 Å². The topological polar surface area (TPSA) is 122 Å². The first-order valence-corrected chi connectivity index (χ1v) is 13.1. The molecule has 5 atom stereocenters. The van der Waals surface area contributed by atoms with E-state index >= 15 is 0 Å². The predicted molar refractivity (Wildman–Crippen MR) is 132 cm³/mol. The lowest BCUT2D eigenvalue weighted by molar-refractivity contribution is -0.132. The van der Waals surface area contributed by atoms with Crippen molar-refractivity contribution in [2.45, 2.75) is 77.5 Å². The van der Waals surface area contributed by atoms with E-state index in [1.807, 2.05) is 30.7 Å². The lowest BCUT2D eigenvalue weighted by Gasteiger charge is -2.34. The molecule has 2 aromatic rings. The van der Waals surface area contributed by atoms with E-state index in [1.165, 1.54) is 18.3 Å². The second-order valence-electron chi connectivity index (χ2n) is 9.63. The van der Waals surface area contributed by atoms with Crippen molar-refractivity contribution in [3.05, 3.63) is 40.1 Å². The first kappa shape index (κ1) is 25.1. The molecule has 10 heteroatoms. The Morgan fingerprint density at radius 2 is 2.11 bits per heavy atom. The number of amides is 3. The van der Waals surface area contributed by atoms with E-state index in [0.29, 0.717) is 19.5 Å². The molecular weight excluding hydrogens is 466 g/mol. The van der Waals surface area contributed by atoms with Crippen LogP contribution in [0.2, 0.25) is 0 Å². The van der Waals surface area contributed by atoms with Gasteiger partial charge in [0, 0.05) is 48.9 Å². The molecule has 2 aromatic heterocycles. The van der Waals surface area contributed by atoms with Gasteiger partial charge in [-0.3, -0.25) is 24.2 Å². The van der Waals surface area contributed by atoms with Crippen molar-refractivity contribution in [2.24, 2.45) is 11.8 Å². The summed E-state index contributed by atoms with van der Waals surface area (Å²) < 4.78 is 2.01. The summed E-state index contributed by atoms with van der Waals surface area (Å²) >= 11 is 1.47. The van der Waals surface area contributed by atoms with Gasteiger partial charge < -0.3 is 20.5 Å². The fourth-order valence-electron chi connectivity index (χ4n) is 5.17. The highest BCUT2D eigenvalue weighted by Crippen LogP contribution is 2.38. The molecule has 2 aliphatic rings. The van der Waals surface area contributed by atoms with E-state index < -0.39 is 17.9 Å². The minimum atomic E-state index is -0.656. The van der Waals surface area contributed by atoms with Crippen molar-refractivity contribution in [1.82, 2.24) is 25.5 Å². The summed E-state index contributed by atoms with van der Waals surface area (Å²) in [5, 5.41) is 8.79. The zero-order chi connectivity index (χ0) is 25.1. The van der Waals surface area contributed by atoms with E-state index in [-0.39, 0.29) is 41.9 Å². The summed E-state index contributed by atoms with van der Waals surface area (Å²) in [5.41, 5.74) is 3.72. The monoisotopic (exact) mass is 499 g/mol. The lowest BCUT2D eigenvalue weighted by Crippen LogP contribution is -2.54. The Morgan fingerprint density at radius 3 is 2.80 bits per heavy atom. The number of ketones is 1. The Hall–Kier alpha value is -3.01. The third-order valence-electron chi connectivity index (χ3n) is 7.20. The molecule has 0 radical (unpaired) electrons. The van der Waals surface area contributed by atoms with Crippen molar-refractivity contribution in [3.8, 4) is 0 Å². The number of hydrogen-bond acceptors (Lipinski definition) is 6. The van der Waals surface area contributed by atoms with Crippen LogP contribution >= 0.6 is 11.3 Å². The Bertz CT molecular complexity index is 1100. The number of carbonyl (C=O) groups excluding carboxylic acids is 4. The van der Waals surface area contributed by atoms with Crippen LogP contribution < -0.4 is 16.0 Å². The highest BCUT2D eigenvalue weighted by molar-refractivity contribution is 7.09. The summed E-state index contributed by atoms with van der Waals surface area (Å²) in [6.07, 6.45) is 5.90. The maximum absolute atomic E-state index is 13.5. The summed E-state index contributed by atoms with van der Waals surface area (Å²) in [6.45, 7) is 6.11. The van der Waals surface area contributed by atoms with Crippen LogP contribution in [0.25, 0.3) is 0 Å². The Kier molecular flexibility index (Phi) is 7.69. The molecule has 3 heterocycles. The zero-order valence-electron chi connectivity index (χ0n) is 20.4. The van der Waals surface area contributed by atoms with Gasteiger partial charge in [-0.05, 0) is 30.4 Å². The first-order valence-electron chi connectivity index (χ1n) is 12.2. The lowest BCUT2D eigenvalue weighted by atomic mass is 9.79. The van der Waals surface area contributed by atoms with Gasteiger partial charge in [0.15, 0.2) is 0 Å². The van der Waals surface area contributed by atoms with E-state index in [2.05, 4.69) is 20.9 Å². The van der Waals surface area contributed by atoms with Crippen LogP contribution in [0, 0.1) is 11.8 Å². The average Bonchev–Trinajstić information content (AvgIpc) is 3.46. The van der Waals surface area contributed by atoms with Crippen LogP contribution in [-0.2, 0) is 38.7 Å². The molecule has 0 spiro atoms. The SMILES string of the molecule is CC[C@H](C)[C@H](NC(C)=O)C(=O)N[C@H]1CCc2ccn3c2C1C(=O)C[C@H](C(=O)NCc1cncs1)C3. The predicted octanol–water partition coefficient (Wildman–Crippen LogP) is 1.92. The molecular formula is C25H33N5O4S. The second kappa shape index (κ2) is 10.7. The highest BCUT2D eigenvalue weighted by Gasteiger charge is 2.42. The summed E-state index contributed by atoms with van der Waals surface area (Å²) in [7, 11) is 0. The number of Topliss-reactive ketones (excluding diaryl/α,β-unsaturated/α-hetero) is 1. The highest BCUT2D eigenvalue weighted by atomic mass is 32.1. The number of nitrogens with one attached hydrogen (secondary N) is 3. The van der Waals surface area contributed by atoms with Gasteiger partial charge in [0.05, 0.1) is 23.9 Å². The van der Waals surface area contributed by atoms with Crippen molar-refractivity contribution >= 4 is 34.8 Å². The van der Waals surface area contributed by atoms with Crippen LogP contribution in [0.4, 0.5) is 0 Å². The smallest absolute Gasteiger partial charge is 0.243 e. The van der Waals surface area contributed by atoms with E-state index in [9.17, 15) is 19.2 Å². The van der Waals surface area contributed by atoms with E-state index in [4.69, 9.17) is 0 Å². The number of rotatable bonds is 8. The van der Waals surface area contributed by atoms with Gasteiger partial charge in [-0.1, -0.05) is 20.3 Å².